The fourth-order valence-corrected chi connectivity index (χ4v) is 4.77. The molecular formula is C29H26ClN3O6. The number of furan rings is 1. The molecule has 0 radical (unpaired) electrons. The minimum atomic E-state index is -1.07. The molecule has 1 aliphatic heterocycles. The summed E-state index contributed by atoms with van der Waals surface area (Å²) in [6, 6.07) is 16.0. The Kier molecular flexibility index (Phi) is 7.51. The van der Waals surface area contributed by atoms with E-state index in [1.165, 1.54) is 11.2 Å². The van der Waals surface area contributed by atoms with Crippen LogP contribution in [0.25, 0.3) is 11.3 Å². The van der Waals surface area contributed by atoms with E-state index in [2.05, 4.69) is 5.16 Å². The van der Waals surface area contributed by atoms with E-state index >= 15 is 0 Å². The molecule has 3 amide bonds. The Morgan fingerprint density at radius 3 is 2.59 bits per heavy atom. The first-order chi connectivity index (χ1) is 18.9. The highest BCUT2D eigenvalue weighted by Crippen LogP contribution is 2.34. The number of carbonyl (C=O) groups excluding carboxylic acids is 3. The van der Waals surface area contributed by atoms with Gasteiger partial charge in [-0.3, -0.25) is 14.4 Å². The molecule has 1 atom stereocenters. The number of benzene rings is 2. The van der Waals surface area contributed by atoms with E-state index in [1.807, 2.05) is 6.92 Å². The summed E-state index contributed by atoms with van der Waals surface area (Å²) in [6.07, 6.45) is 2.15. The van der Waals surface area contributed by atoms with Gasteiger partial charge < -0.3 is 18.6 Å². The first kappa shape index (κ1) is 26.2. The molecule has 2 aromatic carbocycles. The molecule has 200 valence electrons. The SMILES string of the molecule is CCCOc1ccc(N2C(=O)C[C@@H](N(Cc3ccco3)C(=O)c3c(-c4ccccc4Cl)noc3C)C2=O)cc1. The van der Waals surface area contributed by atoms with Crippen LogP contribution in [0, 0.1) is 6.92 Å². The predicted molar refractivity (Wildman–Crippen MR) is 143 cm³/mol. The van der Waals surface area contributed by atoms with Gasteiger partial charge in [-0.25, -0.2) is 4.90 Å². The molecule has 0 bridgehead atoms. The third kappa shape index (κ3) is 5.18. The number of aryl methyl sites for hydroxylation is 1. The Morgan fingerprint density at radius 2 is 1.90 bits per heavy atom. The van der Waals surface area contributed by atoms with E-state index in [0.29, 0.717) is 34.4 Å². The van der Waals surface area contributed by atoms with Crippen LogP contribution < -0.4 is 9.64 Å². The minimum Gasteiger partial charge on any atom is -0.494 e. The van der Waals surface area contributed by atoms with Crippen LogP contribution in [-0.2, 0) is 16.1 Å². The van der Waals surface area contributed by atoms with Crippen molar-refractivity contribution in [3.05, 3.63) is 89.0 Å². The second kappa shape index (κ2) is 11.2. The van der Waals surface area contributed by atoms with Crippen molar-refractivity contribution in [2.75, 3.05) is 11.5 Å². The molecule has 0 spiro atoms. The summed E-state index contributed by atoms with van der Waals surface area (Å²) < 4.78 is 16.5. The summed E-state index contributed by atoms with van der Waals surface area (Å²) in [7, 11) is 0. The zero-order valence-electron chi connectivity index (χ0n) is 21.4. The lowest BCUT2D eigenvalue weighted by atomic mass is 10.0. The molecule has 4 aromatic rings. The summed E-state index contributed by atoms with van der Waals surface area (Å²) >= 11 is 6.40. The summed E-state index contributed by atoms with van der Waals surface area (Å²) in [5.41, 5.74) is 1.33. The van der Waals surface area contributed by atoms with Crippen molar-refractivity contribution in [3.8, 4) is 17.0 Å². The van der Waals surface area contributed by atoms with Gasteiger partial charge in [-0.1, -0.05) is 41.9 Å². The number of halogens is 1. The van der Waals surface area contributed by atoms with E-state index in [9.17, 15) is 14.4 Å². The Labute approximate surface area is 229 Å². The number of amides is 3. The van der Waals surface area contributed by atoms with Crippen LogP contribution in [0.2, 0.25) is 5.02 Å². The van der Waals surface area contributed by atoms with Gasteiger partial charge in [-0.2, -0.15) is 0 Å². The molecular weight excluding hydrogens is 522 g/mol. The average Bonchev–Trinajstić information content (AvgIpc) is 3.66. The molecule has 0 saturated carbocycles. The molecule has 1 fully saturated rings. The predicted octanol–water partition coefficient (Wildman–Crippen LogP) is 5.66. The van der Waals surface area contributed by atoms with Crippen LogP contribution in [0.5, 0.6) is 5.75 Å². The smallest absolute Gasteiger partial charge is 0.260 e. The van der Waals surface area contributed by atoms with Crippen molar-refractivity contribution in [2.24, 2.45) is 0 Å². The van der Waals surface area contributed by atoms with Crippen LogP contribution in [0.4, 0.5) is 5.69 Å². The molecule has 5 rings (SSSR count). The summed E-state index contributed by atoms with van der Waals surface area (Å²) in [6.45, 7) is 4.14. The van der Waals surface area contributed by atoms with Crippen molar-refractivity contribution in [2.45, 2.75) is 39.3 Å². The average molecular weight is 548 g/mol. The van der Waals surface area contributed by atoms with Crippen LogP contribution in [0.15, 0.2) is 75.9 Å². The third-order valence-electron chi connectivity index (χ3n) is 6.44. The highest BCUT2D eigenvalue weighted by atomic mass is 35.5. The lowest BCUT2D eigenvalue weighted by Gasteiger charge is -2.27. The number of carbonyl (C=O) groups is 3. The number of ether oxygens (including phenoxy) is 1. The van der Waals surface area contributed by atoms with Crippen LogP contribution in [0.1, 0.15) is 41.6 Å². The second-order valence-electron chi connectivity index (χ2n) is 9.08. The molecule has 0 aliphatic carbocycles. The number of anilines is 1. The molecule has 39 heavy (non-hydrogen) atoms. The first-order valence-electron chi connectivity index (χ1n) is 12.5. The summed E-state index contributed by atoms with van der Waals surface area (Å²) in [5, 5.41) is 4.49. The first-order valence-corrected chi connectivity index (χ1v) is 12.9. The number of rotatable bonds is 9. The normalized spacial score (nSPS) is 15.2. The molecule has 0 unspecified atom stereocenters. The Morgan fingerprint density at radius 1 is 1.13 bits per heavy atom. The number of nitrogens with zero attached hydrogens (tertiary/aromatic N) is 3. The quantitative estimate of drug-likeness (QED) is 0.249. The Bertz CT molecular complexity index is 1500. The number of hydrogen-bond acceptors (Lipinski definition) is 7. The van der Waals surface area contributed by atoms with E-state index in [1.54, 1.807) is 67.6 Å². The Balaban J connectivity index is 1.49. The molecule has 1 saturated heterocycles. The van der Waals surface area contributed by atoms with Crippen molar-refractivity contribution in [1.29, 1.82) is 0 Å². The van der Waals surface area contributed by atoms with Crippen LogP contribution in [-0.4, -0.2) is 40.4 Å². The van der Waals surface area contributed by atoms with Gasteiger partial charge >= 0.3 is 0 Å². The standard InChI is InChI=1S/C29H26ClN3O6/c1-3-14-37-20-12-10-19(11-13-20)33-25(34)16-24(28(33)35)32(17-21-7-6-15-38-21)29(36)26-18(2)39-31-27(26)22-8-4-5-9-23(22)30/h4-13,15,24H,3,14,16-17H2,1-2H3/t24-/m1/s1. The molecule has 2 aromatic heterocycles. The van der Waals surface area contributed by atoms with Gasteiger partial charge in [0.25, 0.3) is 11.8 Å². The molecule has 0 N–H and O–H groups in total. The zero-order chi connectivity index (χ0) is 27.5. The maximum absolute atomic E-state index is 14.1. The fourth-order valence-electron chi connectivity index (χ4n) is 4.54. The third-order valence-corrected chi connectivity index (χ3v) is 6.77. The van der Waals surface area contributed by atoms with Gasteiger partial charge in [0, 0.05) is 5.56 Å². The monoisotopic (exact) mass is 547 g/mol. The molecule has 9 nitrogen and oxygen atoms in total. The van der Waals surface area contributed by atoms with Crippen LogP contribution in [0.3, 0.4) is 0 Å². The lowest BCUT2D eigenvalue weighted by Crippen LogP contribution is -2.45. The maximum Gasteiger partial charge on any atom is 0.260 e. The topological polar surface area (TPSA) is 106 Å². The largest absolute Gasteiger partial charge is 0.494 e. The van der Waals surface area contributed by atoms with Crippen molar-refractivity contribution in [1.82, 2.24) is 10.1 Å². The van der Waals surface area contributed by atoms with Gasteiger partial charge in [0.1, 0.15) is 34.6 Å². The van der Waals surface area contributed by atoms with Gasteiger partial charge in [-0.15, -0.1) is 0 Å². The number of aromatic nitrogens is 1. The van der Waals surface area contributed by atoms with Gasteiger partial charge in [-0.05, 0) is 55.8 Å². The fraction of sp³-hybridized carbons (Fsp3) is 0.241. The highest BCUT2D eigenvalue weighted by Gasteiger charge is 2.45. The minimum absolute atomic E-state index is 0.0419. The Hall–Kier alpha value is -4.37. The molecule has 10 heteroatoms. The lowest BCUT2D eigenvalue weighted by molar-refractivity contribution is -0.122. The summed E-state index contributed by atoms with van der Waals surface area (Å²) in [5.74, 6) is -0.116. The van der Waals surface area contributed by atoms with E-state index < -0.39 is 23.8 Å². The molecule has 1 aliphatic rings. The van der Waals surface area contributed by atoms with Gasteiger partial charge in [0.05, 0.1) is 36.5 Å². The van der Waals surface area contributed by atoms with Crippen molar-refractivity contribution >= 4 is 35.0 Å². The van der Waals surface area contributed by atoms with Crippen molar-refractivity contribution in [3.63, 3.8) is 0 Å². The number of hydrogen-bond donors (Lipinski definition) is 0. The van der Waals surface area contributed by atoms with Gasteiger partial charge in [0.15, 0.2) is 0 Å². The number of imide groups is 1. The zero-order valence-corrected chi connectivity index (χ0v) is 22.2. The second-order valence-corrected chi connectivity index (χ2v) is 9.49. The van der Waals surface area contributed by atoms with Crippen molar-refractivity contribution < 1.29 is 28.1 Å². The van der Waals surface area contributed by atoms with Gasteiger partial charge in [0.2, 0.25) is 5.91 Å². The summed E-state index contributed by atoms with van der Waals surface area (Å²) in [4.78, 5) is 43.4. The van der Waals surface area contributed by atoms with Crippen LogP contribution >= 0.6 is 11.6 Å². The molecule has 3 heterocycles. The van der Waals surface area contributed by atoms with E-state index in [4.69, 9.17) is 25.3 Å². The highest BCUT2D eigenvalue weighted by molar-refractivity contribution is 6.33. The van der Waals surface area contributed by atoms with E-state index in [0.717, 1.165) is 11.3 Å². The maximum atomic E-state index is 14.1. The van der Waals surface area contributed by atoms with E-state index in [-0.39, 0.29) is 30.0 Å².